The van der Waals surface area contributed by atoms with Gasteiger partial charge in [0.05, 0.1) is 12.2 Å². The van der Waals surface area contributed by atoms with Crippen LogP contribution in [0.3, 0.4) is 0 Å². The lowest BCUT2D eigenvalue weighted by atomic mass is 10.2. The molecule has 2 rings (SSSR count). The first-order chi connectivity index (χ1) is 9.79. The highest BCUT2D eigenvalue weighted by Crippen LogP contribution is 2.15. The smallest absolute Gasteiger partial charge is 0.0598 e. The number of nitrogens with one attached hydrogen (secondary N) is 1. The van der Waals surface area contributed by atoms with Crippen molar-refractivity contribution in [1.82, 2.24) is 10.3 Å². The predicted octanol–water partition coefficient (Wildman–Crippen LogP) is 3.22. The molecule has 0 radical (unpaired) electrons. The van der Waals surface area contributed by atoms with E-state index in [1.807, 2.05) is 18.3 Å². The Kier molecular flexibility index (Phi) is 5.56. The van der Waals surface area contributed by atoms with Gasteiger partial charge in [0.2, 0.25) is 0 Å². The van der Waals surface area contributed by atoms with Crippen LogP contribution in [0.2, 0.25) is 0 Å². The van der Waals surface area contributed by atoms with Gasteiger partial charge in [-0.15, -0.1) is 0 Å². The van der Waals surface area contributed by atoms with E-state index in [0.29, 0.717) is 0 Å². The highest BCUT2D eigenvalue weighted by molar-refractivity contribution is 5.47. The molecule has 106 valence electrons. The van der Waals surface area contributed by atoms with Crippen molar-refractivity contribution in [3.63, 3.8) is 0 Å². The molecule has 1 aromatic heterocycles. The summed E-state index contributed by atoms with van der Waals surface area (Å²) in [6, 6.07) is 14.7. The topological polar surface area (TPSA) is 28.2 Å². The van der Waals surface area contributed by atoms with Crippen molar-refractivity contribution in [2.45, 2.75) is 26.4 Å². The summed E-state index contributed by atoms with van der Waals surface area (Å²) in [6.07, 6.45) is 3.01. The average molecular weight is 269 g/mol. The Morgan fingerprint density at radius 1 is 1.10 bits per heavy atom. The highest BCUT2D eigenvalue weighted by Gasteiger charge is 2.02. The lowest BCUT2D eigenvalue weighted by Crippen LogP contribution is -2.17. The first-order valence-electron chi connectivity index (χ1n) is 7.20. The number of pyridine rings is 1. The number of nitrogens with zero attached hydrogens (tertiary/aromatic N) is 2. The normalized spacial score (nSPS) is 10.5. The Bertz CT molecular complexity index is 493. The molecular weight excluding hydrogens is 246 g/mol. The van der Waals surface area contributed by atoms with E-state index in [1.54, 1.807) is 0 Å². The van der Waals surface area contributed by atoms with Gasteiger partial charge in [-0.3, -0.25) is 4.98 Å². The van der Waals surface area contributed by atoms with Crippen LogP contribution in [0.15, 0.2) is 48.7 Å². The number of anilines is 1. The van der Waals surface area contributed by atoms with E-state index in [0.717, 1.165) is 25.3 Å². The quantitative estimate of drug-likeness (QED) is 0.782. The van der Waals surface area contributed by atoms with Gasteiger partial charge >= 0.3 is 0 Å². The van der Waals surface area contributed by atoms with Crippen LogP contribution in [-0.2, 0) is 13.1 Å². The predicted molar refractivity (Wildman–Crippen MR) is 84.8 cm³/mol. The van der Waals surface area contributed by atoms with Crippen LogP contribution < -0.4 is 10.2 Å². The van der Waals surface area contributed by atoms with E-state index >= 15 is 0 Å². The zero-order chi connectivity index (χ0) is 14.2. The lowest BCUT2D eigenvalue weighted by Gasteiger charge is -2.19. The van der Waals surface area contributed by atoms with Gasteiger partial charge in [-0.25, -0.2) is 0 Å². The van der Waals surface area contributed by atoms with Crippen molar-refractivity contribution in [2.75, 3.05) is 18.5 Å². The maximum Gasteiger partial charge on any atom is 0.0598 e. The van der Waals surface area contributed by atoms with Crippen molar-refractivity contribution in [2.24, 2.45) is 0 Å². The monoisotopic (exact) mass is 269 g/mol. The third-order valence-electron chi connectivity index (χ3n) is 3.26. The molecule has 0 atom stereocenters. The molecule has 1 aromatic carbocycles. The van der Waals surface area contributed by atoms with Gasteiger partial charge in [0, 0.05) is 25.5 Å². The van der Waals surface area contributed by atoms with E-state index in [9.17, 15) is 0 Å². The minimum Gasteiger partial charge on any atom is -0.369 e. The number of hydrogen-bond donors (Lipinski definition) is 1. The van der Waals surface area contributed by atoms with E-state index < -0.39 is 0 Å². The van der Waals surface area contributed by atoms with Gasteiger partial charge in [0.1, 0.15) is 0 Å². The molecule has 0 unspecified atom stereocenters. The summed E-state index contributed by atoms with van der Waals surface area (Å²) >= 11 is 0. The van der Waals surface area contributed by atoms with Gasteiger partial charge in [-0.1, -0.05) is 25.1 Å². The molecule has 0 aliphatic heterocycles. The minimum atomic E-state index is 0.828. The van der Waals surface area contributed by atoms with Gasteiger partial charge in [0.15, 0.2) is 0 Å². The molecule has 0 saturated heterocycles. The van der Waals surface area contributed by atoms with Crippen LogP contribution in [0.4, 0.5) is 5.69 Å². The van der Waals surface area contributed by atoms with Gasteiger partial charge in [-0.05, 0) is 42.8 Å². The van der Waals surface area contributed by atoms with Crippen LogP contribution in [0.5, 0.6) is 0 Å². The summed E-state index contributed by atoms with van der Waals surface area (Å²) in [5, 5.41) is 3.42. The molecule has 0 amide bonds. The molecule has 2 aromatic rings. The van der Waals surface area contributed by atoms with Crippen molar-refractivity contribution >= 4 is 5.69 Å². The molecule has 1 heterocycles. The van der Waals surface area contributed by atoms with Crippen molar-refractivity contribution in [3.8, 4) is 0 Å². The molecule has 3 heteroatoms. The Labute approximate surface area is 121 Å². The molecule has 0 aliphatic carbocycles. The van der Waals surface area contributed by atoms with Crippen LogP contribution in [0, 0.1) is 0 Å². The average Bonchev–Trinajstić information content (AvgIpc) is 2.49. The summed E-state index contributed by atoms with van der Waals surface area (Å²) in [6.45, 7) is 5.02. The summed E-state index contributed by atoms with van der Waals surface area (Å²) < 4.78 is 0. The molecule has 0 spiro atoms. The van der Waals surface area contributed by atoms with Crippen LogP contribution in [0.25, 0.3) is 0 Å². The minimum absolute atomic E-state index is 0.828. The second-order valence-corrected chi connectivity index (χ2v) is 5.02. The first kappa shape index (κ1) is 14.5. The molecule has 3 nitrogen and oxygen atoms in total. The first-order valence-corrected chi connectivity index (χ1v) is 7.20. The molecule has 0 aliphatic rings. The molecular formula is C17H23N3. The lowest BCUT2D eigenvalue weighted by molar-refractivity contribution is 0.675. The summed E-state index contributed by atoms with van der Waals surface area (Å²) in [5.41, 5.74) is 3.63. The maximum atomic E-state index is 4.36. The van der Waals surface area contributed by atoms with Crippen molar-refractivity contribution in [3.05, 3.63) is 59.9 Å². The third kappa shape index (κ3) is 4.35. The third-order valence-corrected chi connectivity index (χ3v) is 3.26. The molecule has 0 bridgehead atoms. The van der Waals surface area contributed by atoms with Gasteiger partial charge < -0.3 is 10.2 Å². The molecule has 0 saturated carbocycles. The standard InChI is InChI=1S/C17H23N3/c1-3-11-18-13-15-7-9-17(10-8-15)20(2)14-16-6-4-5-12-19-16/h4-10,12,18H,3,11,13-14H2,1-2H3. The summed E-state index contributed by atoms with van der Waals surface area (Å²) in [5.74, 6) is 0. The van der Waals surface area contributed by atoms with Gasteiger partial charge in [-0.2, -0.15) is 0 Å². The SMILES string of the molecule is CCCNCc1ccc(N(C)Cc2ccccn2)cc1. The number of rotatable bonds is 7. The second-order valence-electron chi connectivity index (χ2n) is 5.02. The Balaban J connectivity index is 1.92. The Hall–Kier alpha value is -1.87. The number of aromatic nitrogens is 1. The number of benzene rings is 1. The van der Waals surface area contributed by atoms with Crippen molar-refractivity contribution < 1.29 is 0 Å². The zero-order valence-electron chi connectivity index (χ0n) is 12.3. The van der Waals surface area contributed by atoms with E-state index in [-0.39, 0.29) is 0 Å². The fraction of sp³-hybridized carbons (Fsp3) is 0.353. The van der Waals surface area contributed by atoms with Crippen LogP contribution in [0.1, 0.15) is 24.6 Å². The molecule has 20 heavy (non-hydrogen) atoms. The largest absolute Gasteiger partial charge is 0.369 e. The summed E-state index contributed by atoms with van der Waals surface area (Å²) in [7, 11) is 2.10. The van der Waals surface area contributed by atoms with Crippen molar-refractivity contribution in [1.29, 1.82) is 0 Å². The Morgan fingerprint density at radius 2 is 1.90 bits per heavy atom. The maximum absolute atomic E-state index is 4.36. The fourth-order valence-corrected chi connectivity index (χ4v) is 2.10. The molecule has 0 fully saturated rings. The number of hydrogen-bond acceptors (Lipinski definition) is 3. The van der Waals surface area contributed by atoms with Gasteiger partial charge in [0.25, 0.3) is 0 Å². The van der Waals surface area contributed by atoms with E-state index in [2.05, 4.69) is 59.5 Å². The Morgan fingerprint density at radius 3 is 2.55 bits per heavy atom. The highest BCUT2D eigenvalue weighted by atomic mass is 15.1. The zero-order valence-corrected chi connectivity index (χ0v) is 12.3. The molecule has 1 N–H and O–H groups in total. The fourth-order valence-electron chi connectivity index (χ4n) is 2.10. The summed E-state index contributed by atoms with van der Waals surface area (Å²) in [4.78, 5) is 6.57. The van der Waals surface area contributed by atoms with Crippen LogP contribution in [-0.4, -0.2) is 18.6 Å². The van der Waals surface area contributed by atoms with E-state index in [4.69, 9.17) is 0 Å². The second kappa shape index (κ2) is 7.65. The van der Waals surface area contributed by atoms with E-state index in [1.165, 1.54) is 17.7 Å². The van der Waals surface area contributed by atoms with Crippen LogP contribution >= 0.6 is 0 Å².